The number of fused-ring (bicyclic) bond motifs is 3. The number of aliphatic carboxylic acids is 1. The van der Waals surface area contributed by atoms with Crippen molar-refractivity contribution in [3.05, 3.63) is 51.6 Å². The summed E-state index contributed by atoms with van der Waals surface area (Å²) in [4.78, 5) is 13.7. The molecule has 10 heteroatoms. The van der Waals surface area contributed by atoms with E-state index in [9.17, 15) is 9.90 Å². The molecule has 0 spiro atoms. The van der Waals surface area contributed by atoms with Crippen LogP contribution in [0.15, 0.2) is 50.7 Å². The SMILES string of the molecule is Cn1nnnc1-c1cc(Br)c2c(Sc3ccc(Cl)cc3)c3n(c2c1)CCC3CC(=O)O. The maximum atomic E-state index is 11.5. The number of benzene rings is 2. The van der Waals surface area contributed by atoms with Crippen LogP contribution in [0.5, 0.6) is 0 Å². The van der Waals surface area contributed by atoms with Crippen molar-refractivity contribution in [2.75, 3.05) is 0 Å². The zero-order chi connectivity index (χ0) is 21.7. The van der Waals surface area contributed by atoms with E-state index >= 15 is 0 Å². The average Bonchev–Trinajstić information content (AvgIpc) is 3.40. The fourth-order valence-corrected chi connectivity index (χ4v) is 6.33. The largest absolute Gasteiger partial charge is 0.481 e. The number of hydrogen-bond acceptors (Lipinski definition) is 5. The van der Waals surface area contributed by atoms with Gasteiger partial charge < -0.3 is 9.67 Å². The minimum Gasteiger partial charge on any atom is -0.481 e. The van der Waals surface area contributed by atoms with Crippen LogP contribution in [0.3, 0.4) is 0 Å². The molecule has 2 aromatic heterocycles. The van der Waals surface area contributed by atoms with Crippen LogP contribution < -0.4 is 0 Å². The Morgan fingerprint density at radius 1 is 1.32 bits per heavy atom. The molecular formula is C21H17BrClN5O2S. The van der Waals surface area contributed by atoms with E-state index in [0.29, 0.717) is 10.8 Å². The molecule has 0 radical (unpaired) electrons. The van der Waals surface area contributed by atoms with E-state index in [1.807, 2.05) is 30.3 Å². The number of carboxylic acids is 1. The molecule has 1 aliphatic rings. The van der Waals surface area contributed by atoms with Crippen molar-refractivity contribution in [2.45, 2.75) is 35.1 Å². The Labute approximate surface area is 195 Å². The van der Waals surface area contributed by atoms with E-state index < -0.39 is 5.97 Å². The Morgan fingerprint density at radius 2 is 2.10 bits per heavy atom. The van der Waals surface area contributed by atoms with Crippen molar-refractivity contribution < 1.29 is 9.90 Å². The average molecular weight is 519 g/mol. The first-order valence-corrected chi connectivity index (χ1v) is 11.6. The van der Waals surface area contributed by atoms with Gasteiger partial charge >= 0.3 is 5.97 Å². The molecule has 3 heterocycles. The Bertz CT molecular complexity index is 1320. The van der Waals surface area contributed by atoms with Crippen LogP contribution in [0.25, 0.3) is 22.3 Å². The number of carboxylic acid groups (broad SMARTS) is 1. The summed E-state index contributed by atoms with van der Waals surface area (Å²) < 4.78 is 4.81. The molecule has 31 heavy (non-hydrogen) atoms. The normalized spacial score (nSPS) is 15.5. The molecule has 2 aromatic carbocycles. The fraction of sp³-hybridized carbons (Fsp3) is 0.238. The first-order valence-electron chi connectivity index (χ1n) is 9.66. The van der Waals surface area contributed by atoms with Gasteiger partial charge in [0, 0.05) is 55.4 Å². The molecule has 0 saturated heterocycles. The van der Waals surface area contributed by atoms with Crippen molar-refractivity contribution >= 4 is 56.2 Å². The maximum Gasteiger partial charge on any atom is 0.304 e. The number of halogens is 2. The molecule has 1 N–H and O–H groups in total. The van der Waals surface area contributed by atoms with E-state index in [-0.39, 0.29) is 12.3 Å². The second kappa shape index (κ2) is 7.96. The summed E-state index contributed by atoms with van der Waals surface area (Å²) in [5.41, 5.74) is 3.02. The van der Waals surface area contributed by atoms with E-state index in [2.05, 4.69) is 42.1 Å². The summed E-state index contributed by atoms with van der Waals surface area (Å²) in [5.74, 6) is -0.146. The van der Waals surface area contributed by atoms with Crippen LogP contribution in [0.4, 0.5) is 0 Å². The van der Waals surface area contributed by atoms with Gasteiger partial charge in [0.2, 0.25) is 0 Å². The van der Waals surface area contributed by atoms with Crippen molar-refractivity contribution in [2.24, 2.45) is 7.05 Å². The van der Waals surface area contributed by atoms with E-state index in [0.717, 1.165) is 49.4 Å². The van der Waals surface area contributed by atoms with Gasteiger partial charge in [0.1, 0.15) is 0 Å². The summed E-state index contributed by atoms with van der Waals surface area (Å²) in [7, 11) is 1.81. The quantitative estimate of drug-likeness (QED) is 0.383. The number of carbonyl (C=O) groups is 1. The lowest BCUT2D eigenvalue weighted by Crippen LogP contribution is -2.04. The highest BCUT2D eigenvalue weighted by atomic mass is 79.9. The Morgan fingerprint density at radius 3 is 2.77 bits per heavy atom. The highest BCUT2D eigenvalue weighted by Crippen LogP contribution is 2.49. The zero-order valence-corrected chi connectivity index (χ0v) is 19.6. The summed E-state index contributed by atoms with van der Waals surface area (Å²) in [6.07, 6.45) is 0.918. The van der Waals surface area contributed by atoms with Gasteiger partial charge in [0.05, 0.1) is 11.9 Å². The minimum absolute atomic E-state index is 0.0356. The zero-order valence-electron chi connectivity index (χ0n) is 16.4. The minimum atomic E-state index is -0.781. The number of aromatic nitrogens is 5. The summed E-state index contributed by atoms with van der Waals surface area (Å²) in [6, 6.07) is 11.8. The summed E-state index contributed by atoms with van der Waals surface area (Å²) in [6.45, 7) is 0.776. The molecule has 5 rings (SSSR count). The Kier molecular flexibility index (Phi) is 5.27. The Hall–Kier alpha value is -2.36. The van der Waals surface area contributed by atoms with Gasteiger partial charge in [0.25, 0.3) is 0 Å². The molecule has 0 bridgehead atoms. The van der Waals surface area contributed by atoms with E-state index in [1.54, 1.807) is 23.5 Å². The number of aryl methyl sites for hydroxylation is 2. The van der Waals surface area contributed by atoms with Gasteiger partial charge in [-0.25, -0.2) is 4.68 Å². The molecule has 7 nitrogen and oxygen atoms in total. The lowest BCUT2D eigenvalue weighted by molar-refractivity contribution is -0.137. The lowest BCUT2D eigenvalue weighted by Gasteiger charge is -2.11. The topological polar surface area (TPSA) is 85.8 Å². The number of rotatable bonds is 5. The monoisotopic (exact) mass is 517 g/mol. The van der Waals surface area contributed by atoms with Crippen LogP contribution in [-0.4, -0.2) is 35.9 Å². The molecule has 1 atom stereocenters. The van der Waals surface area contributed by atoms with Gasteiger partial charge in [-0.15, -0.1) is 5.10 Å². The lowest BCUT2D eigenvalue weighted by atomic mass is 10.00. The molecule has 1 unspecified atom stereocenters. The van der Waals surface area contributed by atoms with Crippen molar-refractivity contribution in [1.82, 2.24) is 24.8 Å². The smallest absolute Gasteiger partial charge is 0.304 e. The maximum absolute atomic E-state index is 11.5. The third kappa shape index (κ3) is 3.64. The van der Waals surface area contributed by atoms with Crippen LogP contribution in [0.1, 0.15) is 24.5 Å². The van der Waals surface area contributed by atoms with Crippen LogP contribution in [-0.2, 0) is 18.4 Å². The van der Waals surface area contributed by atoms with Crippen LogP contribution in [0, 0.1) is 0 Å². The van der Waals surface area contributed by atoms with E-state index in [4.69, 9.17) is 11.6 Å². The molecule has 1 aliphatic heterocycles. The predicted molar refractivity (Wildman–Crippen MR) is 123 cm³/mol. The molecule has 0 saturated carbocycles. The third-order valence-corrected chi connectivity index (χ3v) is 7.53. The second-order valence-corrected chi connectivity index (χ2v) is 9.86. The first kappa shape index (κ1) is 20.5. The van der Waals surface area contributed by atoms with Gasteiger partial charge in [0.15, 0.2) is 5.82 Å². The molecular weight excluding hydrogens is 502 g/mol. The molecule has 0 amide bonds. The van der Waals surface area contributed by atoms with Crippen LogP contribution in [0.2, 0.25) is 5.02 Å². The molecule has 158 valence electrons. The van der Waals surface area contributed by atoms with E-state index in [1.165, 1.54) is 0 Å². The summed E-state index contributed by atoms with van der Waals surface area (Å²) >= 11 is 11.5. The number of nitrogens with zero attached hydrogens (tertiary/aromatic N) is 5. The standard InChI is InChI=1S/C21H17BrClN5O2S/c1-27-21(24-25-26-27)12-8-15(22)18-16(9-12)28-7-6-11(10-17(29)30)19(28)20(18)31-14-4-2-13(23)3-5-14/h2-5,8-9,11H,6-7,10H2,1H3,(H,29,30). The molecule has 0 aliphatic carbocycles. The number of hydrogen-bond donors (Lipinski definition) is 1. The first-order chi connectivity index (χ1) is 14.9. The Balaban J connectivity index is 1.72. The predicted octanol–water partition coefficient (Wildman–Crippen LogP) is 5.36. The van der Waals surface area contributed by atoms with Crippen molar-refractivity contribution in [1.29, 1.82) is 0 Å². The summed E-state index contributed by atoms with van der Waals surface area (Å²) in [5, 5.41) is 23.1. The van der Waals surface area contributed by atoms with Gasteiger partial charge in [-0.2, -0.15) is 0 Å². The second-order valence-electron chi connectivity index (χ2n) is 7.48. The molecule has 0 fully saturated rings. The van der Waals surface area contributed by atoms with Gasteiger partial charge in [-0.05, 0) is 53.2 Å². The highest BCUT2D eigenvalue weighted by molar-refractivity contribution is 9.10. The van der Waals surface area contributed by atoms with Gasteiger partial charge in [-0.1, -0.05) is 39.3 Å². The van der Waals surface area contributed by atoms with Crippen molar-refractivity contribution in [3.63, 3.8) is 0 Å². The van der Waals surface area contributed by atoms with Crippen molar-refractivity contribution in [3.8, 4) is 11.4 Å². The van der Waals surface area contributed by atoms with Crippen LogP contribution >= 0.6 is 39.3 Å². The van der Waals surface area contributed by atoms with Gasteiger partial charge in [-0.3, -0.25) is 4.79 Å². The third-order valence-electron chi connectivity index (χ3n) is 5.53. The number of tetrazole rings is 1. The molecule has 4 aromatic rings. The highest BCUT2D eigenvalue weighted by Gasteiger charge is 2.32. The fourth-order valence-electron chi connectivity index (χ4n) is 4.22.